The standard InChI is InChI=1S/C9H9N5O2S/c1-17-8-6(9(15)16)7(10)14(13-8)5-4-11-2-3-12-5/h2-4H,10H2,1H3,(H,15,16). The summed E-state index contributed by atoms with van der Waals surface area (Å²) in [6.07, 6.45) is 6.18. The highest BCUT2D eigenvalue weighted by molar-refractivity contribution is 7.98. The number of carboxylic acids is 1. The molecule has 0 saturated heterocycles. The Kier molecular flexibility index (Phi) is 2.96. The minimum Gasteiger partial charge on any atom is -0.477 e. The van der Waals surface area contributed by atoms with Crippen molar-refractivity contribution in [3.63, 3.8) is 0 Å². The van der Waals surface area contributed by atoms with E-state index in [1.165, 1.54) is 35.0 Å². The van der Waals surface area contributed by atoms with Crippen molar-refractivity contribution in [3.8, 4) is 5.82 Å². The van der Waals surface area contributed by atoms with Gasteiger partial charge in [-0.15, -0.1) is 11.8 Å². The van der Waals surface area contributed by atoms with Gasteiger partial charge in [0.2, 0.25) is 0 Å². The normalized spacial score (nSPS) is 10.4. The van der Waals surface area contributed by atoms with Gasteiger partial charge in [-0.1, -0.05) is 0 Å². The summed E-state index contributed by atoms with van der Waals surface area (Å²) < 4.78 is 1.27. The lowest BCUT2D eigenvalue weighted by Crippen LogP contribution is -2.07. The van der Waals surface area contributed by atoms with Crippen molar-refractivity contribution in [1.82, 2.24) is 19.7 Å². The molecule has 0 atom stereocenters. The molecule has 0 aliphatic heterocycles. The van der Waals surface area contributed by atoms with Crippen LogP contribution in [-0.2, 0) is 0 Å². The number of nitrogen functional groups attached to an aromatic ring is 1. The zero-order valence-electron chi connectivity index (χ0n) is 8.86. The van der Waals surface area contributed by atoms with Crippen molar-refractivity contribution < 1.29 is 9.90 Å². The molecule has 8 heteroatoms. The average Bonchev–Trinajstić information content (AvgIpc) is 2.67. The quantitative estimate of drug-likeness (QED) is 0.772. The summed E-state index contributed by atoms with van der Waals surface area (Å²) in [6.45, 7) is 0. The van der Waals surface area contributed by atoms with Gasteiger partial charge in [0.25, 0.3) is 0 Å². The fourth-order valence-corrected chi connectivity index (χ4v) is 1.89. The van der Waals surface area contributed by atoms with Gasteiger partial charge in [-0.3, -0.25) is 4.98 Å². The molecule has 0 aromatic carbocycles. The number of aromatic carboxylic acids is 1. The van der Waals surface area contributed by atoms with Gasteiger partial charge in [-0.25, -0.2) is 9.78 Å². The Labute approximate surface area is 101 Å². The highest BCUT2D eigenvalue weighted by atomic mass is 32.2. The van der Waals surface area contributed by atoms with Crippen LogP contribution in [0, 0.1) is 0 Å². The van der Waals surface area contributed by atoms with Crippen LogP contribution in [0.5, 0.6) is 0 Å². The van der Waals surface area contributed by atoms with Crippen molar-refractivity contribution >= 4 is 23.5 Å². The lowest BCUT2D eigenvalue weighted by molar-refractivity contribution is 0.0694. The summed E-state index contributed by atoms with van der Waals surface area (Å²) >= 11 is 1.21. The summed E-state index contributed by atoms with van der Waals surface area (Å²) in [7, 11) is 0. The molecule has 3 N–H and O–H groups in total. The number of nitrogens with zero attached hydrogens (tertiary/aromatic N) is 4. The molecule has 2 heterocycles. The zero-order chi connectivity index (χ0) is 12.4. The number of nitrogens with two attached hydrogens (primary N) is 1. The summed E-state index contributed by atoms with van der Waals surface area (Å²) in [5.74, 6) is -0.683. The van der Waals surface area contributed by atoms with E-state index in [4.69, 9.17) is 10.8 Å². The van der Waals surface area contributed by atoms with Crippen molar-refractivity contribution in [2.75, 3.05) is 12.0 Å². The first-order valence-electron chi connectivity index (χ1n) is 4.57. The monoisotopic (exact) mass is 251 g/mol. The number of carboxylic acid groups (broad SMARTS) is 1. The summed E-state index contributed by atoms with van der Waals surface area (Å²) in [4.78, 5) is 19.0. The van der Waals surface area contributed by atoms with Crippen LogP contribution in [0.15, 0.2) is 23.6 Å². The van der Waals surface area contributed by atoms with Gasteiger partial charge in [0.05, 0.1) is 6.20 Å². The molecule has 0 radical (unpaired) electrons. The molecule has 0 fully saturated rings. The van der Waals surface area contributed by atoms with Crippen molar-refractivity contribution in [3.05, 3.63) is 24.2 Å². The van der Waals surface area contributed by atoms with E-state index < -0.39 is 5.97 Å². The lowest BCUT2D eigenvalue weighted by Gasteiger charge is -2.00. The highest BCUT2D eigenvalue weighted by Gasteiger charge is 2.22. The Hall–Kier alpha value is -2.09. The summed E-state index contributed by atoms with van der Waals surface area (Å²) in [5, 5.41) is 13.5. The van der Waals surface area contributed by atoms with E-state index in [9.17, 15) is 4.79 Å². The number of aromatic nitrogens is 4. The van der Waals surface area contributed by atoms with Crippen LogP contribution >= 0.6 is 11.8 Å². The van der Waals surface area contributed by atoms with Crippen molar-refractivity contribution in [1.29, 1.82) is 0 Å². The molecule has 0 saturated carbocycles. The fraction of sp³-hybridized carbons (Fsp3) is 0.111. The van der Waals surface area contributed by atoms with Gasteiger partial charge in [-0.05, 0) is 6.26 Å². The first kappa shape index (κ1) is 11.4. The third-order valence-electron chi connectivity index (χ3n) is 2.06. The maximum absolute atomic E-state index is 11.1. The van der Waals surface area contributed by atoms with Crippen LogP contribution in [0.4, 0.5) is 5.82 Å². The maximum atomic E-state index is 11.1. The van der Waals surface area contributed by atoms with E-state index in [1.807, 2.05) is 0 Å². The van der Waals surface area contributed by atoms with Gasteiger partial charge >= 0.3 is 5.97 Å². The molecule has 2 aromatic rings. The second kappa shape index (κ2) is 4.42. The molecule has 2 aromatic heterocycles. The maximum Gasteiger partial charge on any atom is 0.342 e. The molecule has 88 valence electrons. The Balaban J connectivity index is 2.61. The molecule has 0 bridgehead atoms. The van der Waals surface area contributed by atoms with E-state index in [0.717, 1.165) is 0 Å². The molecule has 2 rings (SSSR count). The Bertz CT molecular complexity index is 554. The van der Waals surface area contributed by atoms with Crippen molar-refractivity contribution in [2.45, 2.75) is 5.03 Å². The van der Waals surface area contributed by atoms with Crippen LogP contribution < -0.4 is 5.73 Å². The summed E-state index contributed by atoms with van der Waals surface area (Å²) in [5.41, 5.74) is 5.74. The van der Waals surface area contributed by atoms with Crippen LogP contribution in [0.2, 0.25) is 0 Å². The minimum atomic E-state index is -1.11. The predicted octanol–water partition coefficient (Wildman–Crippen LogP) is 0.665. The van der Waals surface area contributed by atoms with Crippen molar-refractivity contribution in [2.24, 2.45) is 0 Å². The Morgan fingerprint density at radius 3 is 2.76 bits per heavy atom. The number of anilines is 1. The SMILES string of the molecule is CSc1nn(-c2cnccn2)c(N)c1C(=O)O. The molecule has 0 aliphatic carbocycles. The third-order valence-corrected chi connectivity index (χ3v) is 2.74. The second-order valence-corrected chi connectivity index (χ2v) is 3.85. The molecular weight excluding hydrogens is 242 g/mol. The van der Waals surface area contributed by atoms with Crippen LogP contribution in [0.1, 0.15) is 10.4 Å². The molecular formula is C9H9N5O2S. The number of rotatable bonds is 3. The van der Waals surface area contributed by atoms with Gasteiger partial charge in [-0.2, -0.15) is 9.78 Å². The number of thioether (sulfide) groups is 1. The first-order valence-corrected chi connectivity index (χ1v) is 5.79. The Morgan fingerprint density at radius 1 is 1.53 bits per heavy atom. The van der Waals surface area contributed by atoms with Crippen LogP contribution in [0.25, 0.3) is 5.82 Å². The summed E-state index contributed by atoms with van der Waals surface area (Å²) in [6, 6.07) is 0. The number of carbonyl (C=O) groups is 1. The highest BCUT2D eigenvalue weighted by Crippen LogP contribution is 2.26. The van der Waals surface area contributed by atoms with Gasteiger partial charge in [0.15, 0.2) is 5.82 Å². The molecule has 7 nitrogen and oxygen atoms in total. The van der Waals surface area contributed by atoms with E-state index >= 15 is 0 Å². The largest absolute Gasteiger partial charge is 0.477 e. The first-order chi connectivity index (χ1) is 8.15. The van der Waals surface area contributed by atoms with E-state index in [0.29, 0.717) is 10.8 Å². The fourth-order valence-electron chi connectivity index (χ4n) is 1.33. The lowest BCUT2D eigenvalue weighted by atomic mass is 10.3. The van der Waals surface area contributed by atoms with E-state index in [2.05, 4.69) is 15.1 Å². The molecule has 0 unspecified atom stereocenters. The average molecular weight is 251 g/mol. The van der Waals surface area contributed by atoms with E-state index in [-0.39, 0.29) is 11.4 Å². The Morgan fingerprint density at radius 2 is 2.29 bits per heavy atom. The van der Waals surface area contributed by atoms with Gasteiger partial charge in [0.1, 0.15) is 16.4 Å². The smallest absolute Gasteiger partial charge is 0.342 e. The second-order valence-electron chi connectivity index (χ2n) is 3.05. The predicted molar refractivity (Wildman–Crippen MR) is 62.3 cm³/mol. The third kappa shape index (κ3) is 1.94. The number of hydrogen-bond donors (Lipinski definition) is 2. The van der Waals surface area contributed by atoms with E-state index in [1.54, 1.807) is 6.26 Å². The van der Waals surface area contributed by atoms with Crippen LogP contribution in [0.3, 0.4) is 0 Å². The number of hydrogen-bond acceptors (Lipinski definition) is 6. The minimum absolute atomic E-state index is 0.0110. The zero-order valence-corrected chi connectivity index (χ0v) is 9.68. The van der Waals surface area contributed by atoms with Gasteiger partial charge in [0, 0.05) is 12.4 Å². The molecule has 0 amide bonds. The molecule has 17 heavy (non-hydrogen) atoms. The topological polar surface area (TPSA) is 107 Å². The molecule has 0 spiro atoms. The van der Waals surface area contributed by atoms with Gasteiger partial charge < -0.3 is 10.8 Å². The molecule has 0 aliphatic rings. The van der Waals surface area contributed by atoms with Crippen LogP contribution in [-0.4, -0.2) is 37.1 Å².